The summed E-state index contributed by atoms with van der Waals surface area (Å²) in [7, 11) is 1.75. The SMILES string of the molecule is C/C=C/C(=O)N1CC[C@]23CCCC[C@H]2[C@@H]1Cc1ccc(OC)cc13. The summed E-state index contributed by atoms with van der Waals surface area (Å²) in [5.74, 6) is 1.77. The minimum atomic E-state index is 0.193. The Morgan fingerprint density at radius 2 is 2.21 bits per heavy atom. The van der Waals surface area contributed by atoms with Crippen molar-refractivity contribution in [2.75, 3.05) is 13.7 Å². The number of amides is 1. The zero-order chi connectivity index (χ0) is 16.7. The second kappa shape index (κ2) is 5.94. The number of carbonyl (C=O) groups excluding carboxylic acids is 1. The molecule has 1 aromatic carbocycles. The van der Waals surface area contributed by atoms with Gasteiger partial charge in [0.05, 0.1) is 7.11 Å². The highest BCUT2D eigenvalue weighted by atomic mass is 16.5. The van der Waals surface area contributed by atoms with E-state index in [0.29, 0.717) is 12.0 Å². The number of hydrogen-bond acceptors (Lipinski definition) is 2. The molecule has 3 aliphatic rings. The number of piperidine rings is 1. The molecule has 0 spiro atoms. The predicted molar refractivity (Wildman–Crippen MR) is 95.3 cm³/mol. The van der Waals surface area contributed by atoms with Crippen molar-refractivity contribution >= 4 is 5.91 Å². The van der Waals surface area contributed by atoms with Crippen LogP contribution < -0.4 is 4.74 Å². The van der Waals surface area contributed by atoms with Gasteiger partial charge >= 0.3 is 0 Å². The zero-order valence-electron chi connectivity index (χ0n) is 14.8. The van der Waals surface area contributed by atoms with Crippen molar-refractivity contribution in [2.24, 2.45) is 5.92 Å². The fourth-order valence-electron chi connectivity index (χ4n) is 5.62. The number of nitrogens with zero attached hydrogens (tertiary/aromatic N) is 1. The highest BCUT2D eigenvalue weighted by Crippen LogP contribution is 2.56. The largest absolute Gasteiger partial charge is 0.497 e. The first-order chi connectivity index (χ1) is 11.7. The lowest BCUT2D eigenvalue weighted by atomic mass is 9.52. The summed E-state index contributed by atoms with van der Waals surface area (Å²) in [6, 6.07) is 6.96. The number of carbonyl (C=O) groups is 1. The Labute approximate surface area is 144 Å². The smallest absolute Gasteiger partial charge is 0.246 e. The lowest BCUT2D eigenvalue weighted by molar-refractivity contribution is -0.135. The Hall–Kier alpha value is -1.77. The van der Waals surface area contributed by atoms with Gasteiger partial charge < -0.3 is 9.64 Å². The number of ether oxygens (including phenoxy) is 1. The number of methoxy groups -OCH3 is 1. The van der Waals surface area contributed by atoms with Gasteiger partial charge in [0, 0.05) is 18.0 Å². The van der Waals surface area contributed by atoms with E-state index in [-0.39, 0.29) is 11.3 Å². The molecular formula is C21H27NO2. The third kappa shape index (κ3) is 2.21. The molecule has 1 aliphatic heterocycles. The van der Waals surface area contributed by atoms with Crippen LogP contribution in [0.3, 0.4) is 0 Å². The Morgan fingerprint density at radius 1 is 1.33 bits per heavy atom. The highest BCUT2D eigenvalue weighted by Gasteiger charge is 2.54. The number of allylic oxidation sites excluding steroid dienone is 1. The van der Waals surface area contributed by atoms with Gasteiger partial charge in [-0.1, -0.05) is 25.0 Å². The molecule has 1 aromatic rings. The van der Waals surface area contributed by atoms with E-state index >= 15 is 0 Å². The maximum Gasteiger partial charge on any atom is 0.246 e. The fraction of sp³-hybridized carbons (Fsp3) is 0.571. The quantitative estimate of drug-likeness (QED) is 0.773. The van der Waals surface area contributed by atoms with Gasteiger partial charge in [-0.3, -0.25) is 4.79 Å². The molecule has 1 saturated carbocycles. The van der Waals surface area contributed by atoms with Gasteiger partial charge in [-0.25, -0.2) is 0 Å². The Kier molecular flexibility index (Phi) is 3.90. The topological polar surface area (TPSA) is 29.5 Å². The summed E-state index contributed by atoms with van der Waals surface area (Å²) in [6.45, 7) is 2.82. The van der Waals surface area contributed by atoms with Gasteiger partial charge in [0.15, 0.2) is 0 Å². The normalized spacial score (nSPS) is 31.5. The van der Waals surface area contributed by atoms with Crippen LogP contribution in [0.2, 0.25) is 0 Å². The van der Waals surface area contributed by atoms with Crippen molar-refractivity contribution in [3.63, 3.8) is 0 Å². The standard InChI is InChI=1S/C21H27NO2/c1-3-6-20(23)22-12-11-21-10-5-4-7-17(21)19(22)13-15-8-9-16(24-2)14-18(15)21/h3,6,8-9,14,17,19H,4-5,7,10-13H2,1-2H3/b6-3+/t17-,19-,21+/m0/s1. The van der Waals surface area contributed by atoms with Gasteiger partial charge in [-0.15, -0.1) is 0 Å². The molecule has 3 nitrogen and oxygen atoms in total. The molecule has 1 amide bonds. The number of benzene rings is 1. The van der Waals surface area contributed by atoms with Crippen molar-refractivity contribution in [1.82, 2.24) is 4.90 Å². The lowest BCUT2D eigenvalue weighted by Gasteiger charge is -2.59. The van der Waals surface area contributed by atoms with E-state index in [1.54, 1.807) is 13.2 Å². The van der Waals surface area contributed by atoms with Crippen molar-refractivity contribution in [3.05, 3.63) is 41.5 Å². The van der Waals surface area contributed by atoms with E-state index in [9.17, 15) is 4.79 Å². The zero-order valence-corrected chi connectivity index (χ0v) is 14.8. The van der Waals surface area contributed by atoms with E-state index in [2.05, 4.69) is 23.1 Å². The van der Waals surface area contributed by atoms with Gasteiger partial charge in [-0.2, -0.15) is 0 Å². The number of rotatable bonds is 2. The lowest BCUT2D eigenvalue weighted by Crippen LogP contribution is -2.61. The Bertz CT molecular complexity index is 680. The maximum atomic E-state index is 12.6. The van der Waals surface area contributed by atoms with Crippen LogP contribution >= 0.6 is 0 Å². The van der Waals surface area contributed by atoms with Crippen LogP contribution in [0.15, 0.2) is 30.4 Å². The Balaban J connectivity index is 1.80. The highest BCUT2D eigenvalue weighted by molar-refractivity contribution is 5.88. The van der Waals surface area contributed by atoms with E-state index < -0.39 is 0 Å². The first-order valence-corrected chi connectivity index (χ1v) is 9.30. The summed E-state index contributed by atoms with van der Waals surface area (Å²) in [5.41, 5.74) is 3.20. The number of likely N-dealkylation sites (tertiary alicyclic amines) is 1. The summed E-state index contributed by atoms with van der Waals surface area (Å²) >= 11 is 0. The third-order valence-electron chi connectivity index (χ3n) is 6.64. The van der Waals surface area contributed by atoms with E-state index in [1.165, 1.54) is 36.8 Å². The van der Waals surface area contributed by atoms with Crippen LogP contribution in [-0.2, 0) is 16.6 Å². The van der Waals surface area contributed by atoms with Crippen molar-refractivity contribution < 1.29 is 9.53 Å². The van der Waals surface area contributed by atoms with E-state index in [4.69, 9.17) is 4.74 Å². The van der Waals surface area contributed by atoms with Crippen molar-refractivity contribution in [1.29, 1.82) is 0 Å². The second-order valence-corrected chi connectivity index (χ2v) is 7.58. The molecule has 1 heterocycles. The molecule has 2 fully saturated rings. The third-order valence-corrected chi connectivity index (χ3v) is 6.64. The molecular weight excluding hydrogens is 298 g/mol. The molecule has 1 saturated heterocycles. The van der Waals surface area contributed by atoms with Crippen LogP contribution in [0.5, 0.6) is 5.75 Å². The molecule has 3 atom stereocenters. The van der Waals surface area contributed by atoms with Crippen LogP contribution in [0.4, 0.5) is 0 Å². The van der Waals surface area contributed by atoms with Crippen LogP contribution in [0, 0.1) is 5.92 Å². The average Bonchev–Trinajstić information content (AvgIpc) is 2.61. The number of fused-ring (bicyclic) bond motifs is 1. The molecule has 128 valence electrons. The molecule has 2 bridgehead atoms. The monoisotopic (exact) mass is 325 g/mol. The van der Waals surface area contributed by atoms with Gasteiger partial charge in [-0.05, 0) is 67.9 Å². The minimum Gasteiger partial charge on any atom is -0.497 e. The average molecular weight is 325 g/mol. The molecule has 2 aliphatic carbocycles. The molecule has 0 aromatic heterocycles. The molecule has 0 radical (unpaired) electrons. The second-order valence-electron chi connectivity index (χ2n) is 7.58. The van der Waals surface area contributed by atoms with Crippen LogP contribution in [-0.4, -0.2) is 30.5 Å². The van der Waals surface area contributed by atoms with Crippen molar-refractivity contribution in [3.8, 4) is 5.75 Å². The number of hydrogen-bond donors (Lipinski definition) is 0. The minimum absolute atomic E-state index is 0.193. The van der Waals surface area contributed by atoms with Gasteiger partial charge in [0.25, 0.3) is 0 Å². The molecule has 4 rings (SSSR count). The van der Waals surface area contributed by atoms with Gasteiger partial charge in [0.1, 0.15) is 5.75 Å². The first-order valence-electron chi connectivity index (χ1n) is 9.30. The van der Waals surface area contributed by atoms with E-state index in [0.717, 1.165) is 25.1 Å². The Morgan fingerprint density at radius 3 is 3.00 bits per heavy atom. The summed E-state index contributed by atoms with van der Waals surface area (Å²) in [6.07, 6.45) is 10.8. The molecule has 3 heteroatoms. The van der Waals surface area contributed by atoms with Gasteiger partial charge in [0.2, 0.25) is 5.91 Å². The fourth-order valence-corrected chi connectivity index (χ4v) is 5.62. The van der Waals surface area contributed by atoms with E-state index in [1.807, 2.05) is 13.0 Å². The molecule has 0 unspecified atom stereocenters. The summed E-state index contributed by atoms with van der Waals surface area (Å²) in [5, 5.41) is 0. The van der Waals surface area contributed by atoms with Crippen LogP contribution in [0.1, 0.15) is 50.2 Å². The summed E-state index contributed by atoms with van der Waals surface area (Å²) in [4.78, 5) is 14.8. The molecule has 24 heavy (non-hydrogen) atoms. The molecule has 0 N–H and O–H groups in total. The maximum absolute atomic E-state index is 12.6. The van der Waals surface area contributed by atoms with Crippen LogP contribution in [0.25, 0.3) is 0 Å². The van der Waals surface area contributed by atoms with Crippen molar-refractivity contribution in [2.45, 2.75) is 56.9 Å². The first kappa shape index (κ1) is 15.7. The predicted octanol–water partition coefficient (Wildman–Crippen LogP) is 3.86. The summed E-state index contributed by atoms with van der Waals surface area (Å²) < 4.78 is 5.51.